The SMILES string of the molecule is C=CC(=O)Nc1ccc(C(=O)N2CC[C@@H](Cc3ncc(Br)cn3)C2)cc1N(C)CCN(C)C. The Morgan fingerprint density at radius 3 is 2.64 bits per heavy atom. The Kier molecular flexibility index (Phi) is 8.57. The molecule has 9 heteroatoms. The molecule has 0 aliphatic carbocycles. The number of rotatable bonds is 9. The van der Waals surface area contributed by atoms with Crippen LogP contribution in [0.25, 0.3) is 0 Å². The fourth-order valence-corrected chi connectivity index (χ4v) is 4.01. The number of likely N-dealkylation sites (N-methyl/N-ethyl adjacent to an activating group) is 2. The first-order valence-corrected chi connectivity index (χ1v) is 11.7. The molecular weight excluding hydrogens is 484 g/mol. The van der Waals surface area contributed by atoms with Crippen molar-refractivity contribution in [2.24, 2.45) is 5.92 Å². The van der Waals surface area contributed by atoms with Gasteiger partial charge in [-0.25, -0.2) is 9.97 Å². The molecular formula is C24H31BrN6O2. The molecule has 2 aromatic rings. The average Bonchev–Trinajstić information content (AvgIpc) is 3.27. The van der Waals surface area contributed by atoms with Crippen molar-refractivity contribution in [2.45, 2.75) is 12.8 Å². The van der Waals surface area contributed by atoms with Gasteiger partial charge < -0.3 is 20.0 Å². The van der Waals surface area contributed by atoms with Crippen LogP contribution in [0.5, 0.6) is 0 Å². The second kappa shape index (κ2) is 11.4. The van der Waals surface area contributed by atoms with Crippen LogP contribution in [0.3, 0.4) is 0 Å². The van der Waals surface area contributed by atoms with Gasteiger partial charge in [0.2, 0.25) is 5.91 Å². The summed E-state index contributed by atoms with van der Waals surface area (Å²) in [6.45, 7) is 6.51. The normalized spacial score (nSPS) is 15.5. The Bertz CT molecular complexity index is 995. The molecule has 1 aliphatic heterocycles. The Hall–Kier alpha value is -2.78. The summed E-state index contributed by atoms with van der Waals surface area (Å²) in [5.74, 6) is 0.847. The lowest BCUT2D eigenvalue weighted by atomic mass is 10.0. The van der Waals surface area contributed by atoms with Crippen molar-refractivity contribution in [1.29, 1.82) is 0 Å². The molecule has 1 fully saturated rings. The molecule has 33 heavy (non-hydrogen) atoms. The third-order valence-corrected chi connectivity index (χ3v) is 6.11. The second-order valence-electron chi connectivity index (χ2n) is 8.58. The summed E-state index contributed by atoms with van der Waals surface area (Å²) in [5.41, 5.74) is 2.07. The fourth-order valence-electron chi connectivity index (χ4n) is 3.81. The van der Waals surface area contributed by atoms with Gasteiger partial charge in [0.25, 0.3) is 5.91 Å². The fraction of sp³-hybridized carbons (Fsp3) is 0.417. The van der Waals surface area contributed by atoms with E-state index < -0.39 is 0 Å². The lowest BCUT2D eigenvalue weighted by Gasteiger charge is -2.25. The van der Waals surface area contributed by atoms with E-state index in [-0.39, 0.29) is 11.8 Å². The summed E-state index contributed by atoms with van der Waals surface area (Å²) in [6, 6.07) is 5.43. The highest BCUT2D eigenvalue weighted by Gasteiger charge is 2.28. The number of nitrogens with zero attached hydrogens (tertiary/aromatic N) is 5. The number of aromatic nitrogens is 2. The van der Waals surface area contributed by atoms with Gasteiger partial charge in [-0.05, 0) is 66.6 Å². The third kappa shape index (κ3) is 6.85. The van der Waals surface area contributed by atoms with Gasteiger partial charge in [-0.1, -0.05) is 6.58 Å². The summed E-state index contributed by atoms with van der Waals surface area (Å²) in [5, 5.41) is 2.85. The molecule has 1 aromatic heterocycles. The van der Waals surface area contributed by atoms with E-state index in [1.807, 2.05) is 37.0 Å². The van der Waals surface area contributed by atoms with E-state index in [0.717, 1.165) is 41.9 Å². The molecule has 1 aromatic carbocycles. The minimum atomic E-state index is -0.283. The molecule has 2 amide bonds. The predicted octanol–water partition coefficient (Wildman–Crippen LogP) is 3.07. The number of hydrogen-bond acceptors (Lipinski definition) is 6. The first-order valence-electron chi connectivity index (χ1n) is 11.0. The van der Waals surface area contributed by atoms with Crippen LogP contribution in [0.1, 0.15) is 22.6 Å². The molecule has 0 bridgehead atoms. The Morgan fingerprint density at radius 1 is 1.24 bits per heavy atom. The molecule has 176 valence electrons. The zero-order chi connectivity index (χ0) is 24.0. The van der Waals surface area contributed by atoms with Crippen LogP contribution in [0.2, 0.25) is 0 Å². The molecule has 1 saturated heterocycles. The molecule has 0 spiro atoms. The van der Waals surface area contributed by atoms with E-state index in [0.29, 0.717) is 30.3 Å². The van der Waals surface area contributed by atoms with E-state index in [1.165, 1.54) is 6.08 Å². The van der Waals surface area contributed by atoms with Gasteiger partial charge in [0.1, 0.15) is 5.82 Å². The van der Waals surface area contributed by atoms with Crippen molar-refractivity contribution >= 4 is 39.1 Å². The van der Waals surface area contributed by atoms with Crippen molar-refractivity contribution in [3.63, 3.8) is 0 Å². The number of hydrogen-bond donors (Lipinski definition) is 1. The zero-order valence-electron chi connectivity index (χ0n) is 19.4. The molecule has 1 atom stereocenters. The van der Waals surface area contributed by atoms with Crippen LogP contribution in [0, 0.1) is 5.92 Å². The van der Waals surface area contributed by atoms with Gasteiger partial charge in [0.15, 0.2) is 0 Å². The maximum atomic E-state index is 13.3. The van der Waals surface area contributed by atoms with Gasteiger partial charge >= 0.3 is 0 Å². The van der Waals surface area contributed by atoms with Gasteiger partial charge in [-0.3, -0.25) is 9.59 Å². The molecule has 0 saturated carbocycles. The number of halogens is 1. The van der Waals surface area contributed by atoms with E-state index in [2.05, 4.69) is 42.7 Å². The van der Waals surface area contributed by atoms with Crippen LogP contribution in [-0.2, 0) is 11.2 Å². The van der Waals surface area contributed by atoms with Crippen LogP contribution in [0.4, 0.5) is 11.4 Å². The molecule has 0 radical (unpaired) electrons. The van der Waals surface area contributed by atoms with Crippen LogP contribution in [-0.4, -0.2) is 78.9 Å². The van der Waals surface area contributed by atoms with E-state index in [9.17, 15) is 9.59 Å². The third-order valence-electron chi connectivity index (χ3n) is 5.70. The predicted molar refractivity (Wildman–Crippen MR) is 135 cm³/mol. The highest BCUT2D eigenvalue weighted by atomic mass is 79.9. The first-order chi connectivity index (χ1) is 15.8. The van der Waals surface area contributed by atoms with E-state index in [1.54, 1.807) is 24.5 Å². The van der Waals surface area contributed by atoms with Gasteiger partial charge in [0.05, 0.1) is 15.8 Å². The molecule has 3 rings (SSSR count). The Balaban J connectivity index is 1.73. The number of nitrogens with one attached hydrogen (secondary N) is 1. The minimum absolute atomic E-state index is 0.00178. The summed E-state index contributed by atoms with van der Waals surface area (Å²) >= 11 is 3.36. The number of likely N-dealkylation sites (tertiary alicyclic amines) is 1. The number of benzene rings is 1. The highest BCUT2D eigenvalue weighted by molar-refractivity contribution is 9.10. The Labute approximate surface area is 203 Å². The molecule has 1 N–H and O–H groups in total. The van der Waals surface area contributed by atoms with Gasteiger partial charge in [-0.2, -0.15) is 0 Å². The highest BCUT2D eigenvalue weighted by Crippen LogP contribution is 2.29. The number of carbonyl (C=O) groups excluding carboxylic acids is 2. The molecule has 8 nitrogen and oxygen atoms in total. The van der Waals surface area contributed by atoms with Crippen LogP contribution < -0.4 is 10.2 Å². The number of anilines is 2. The van der Waals surface area contributed by atoms with Crippen molar-refractivity contribution in [3.8, 4) is 0 Å². The lowest BCUT2D eigenvalue weighted by Crippen LogP contribution is -2.31. The Morgan fingerprint density at radius 2 is 1.97 bits per heavy atom. The maximum Gasteiger partial charge on any atom is 0.253 e. The maximum absolute atomic E-state index is 13.3. The number of amides is 2. The molecule has 0 unspecified atom stereocenters. The minimum Gasteiger partial charge on any atom is -0.372 e. The molecule has 1 aliphatic rings. The van der Waals surface area contributed by atoms with Crippen molar-refractivity contribution in [3.05, 3.63) is 59.1 Å². The quantitative estimate of drug-likeness (QED) is 0.518. The topological polar surface area (TPSA) is 81.7 Å². The number of carbonyl (C=O) groups is 2. The van der Waals surface area contributed by atoms with Crippen LogP contribution in [0.15, 0.2) is 47.7 Å². The largest absolute Gasteiger partial charge is 0.372 e. The average molecular weight is 515 g/mol. The standard InChI is InChI=1S/C24H31BrN6O2/c1-5-23(32)28-20-7-6-18(13-21(20)30(4)11-10-29(2)3)24(33)31-9-8-17(16-31)12-22-26-14-19(25)15-27-22/h5-7,13-15,17H,1,8-12,16H2,2-4H3,(H,28,32)/t17-/m0/s1. The summed E-state index contributed by atoms with van der Waals surface area (Å²) in [4.78, 5) is 39.9. The van der Waals surface area contributed by atoms with E-state index in [4.69, 9.17) is 0 Å². The summed E-state index contributed by atoms with van der Waals surface area (Å²) in [7, 11) is 5.98. The van der Waals surface area contributed by atoms with Crippen molar-refractivity contribution < 1.29 is 9.59 Å². The van der Waals surface area contributed by atoms with Gasteiger partial charge in [-0.15, -0.1) is 0 Å². The lowest BCUT2D eigenvalue weighted by molar-refractivity contribution is -0.111. The van der Waals surface area contributed by atoms with Crippen molar-refractivity contribution in [2.75, 3.05) is 57.5 Å². The molecule has 2 heterocycles. The summed E-state index contributed by atoms with van der Waals surface area (Å²) in [6.07, 6.45) is 6.42. The first kappa shape index (κ1) is 24.9. The smallest absolute Gasteiger partial charge is 0.253 e. The summed E-state index contributed by atoms with van der Waals surface area (Å²) < 4.78 is 0.855. The second-order valence-corrected chi connectivity index (χ2v) is 9.49. The zero-order valence-corrected chi connectivity index (χ0v) is 21.0. The monoisotopic (exact) mass is 514 g/mol. The van der Waals surface area contributed by atoms with Gasteiger partial charge in [0, 0.05) is 57.6 Å². The van der Waals surface area contributed by atoms with Crippen LogP contribution >= 0.6 is 15.9 Å². The van der Waals surface area contributed by atoms with Crippen molar-refractivity contribution in [1.82, 2.24) is 19.8 Å². The van der Waals surface area contributed by atoms with E-state index >= 15 is 0 Å².